The lowest BCUT2D eigenvalue weighted by Gasteiger charge is -2.07. The van der Waals surface area contributed by atoms with Crippen molar-refractivity contribution < 1.29 is 14.7 Å². The van der Waals surface area contributed by atoms with Gasteiger partial charge in [0.15, 0.2) is 0 Å². The highest BCUT2D eigenvalue weighted by Gasteiger charge is 2.19. The summed E-state index contributed by atoms with van der Waals surface area (Å²) in [4.78, 5) is 21.8. The number of carboxylic acid groups (broad SMARTS) is 1. The number of amides is 1. The van der Waals surface area contributed by atoms with Gasteiger partial charge < -0.3 is 10.4 Å². The van der Waals surface area contributed by atoms with Gasteiger partial charge in [0, 0.05) is 6.54 Å². The highest BCUT2D eigenvalue weighted by molar-refractivity contribution is 5.96. The van der Waals surface area contributed by atoms with E-state index in [4.69, 9.17) is 5.11 Å². The summed E-state index contributed by atoms with van der Waals surface area (Å²) in [6.45, 7) is 1.83. The van der Waals surface area contributed by atoms with Gasteiger partial charge in [0.05, 0.1) is 0 Å². The lowest BCUT2D eigenvalue weighted by atomic mass is 10.1. The van der Waals surface area contributed by atoms with Crippen molar-refractivity contribution in [3.8, 4) is 0 Å². The molecule has 0 saturated heterocycles. The van der Waals surface area contributed by atoms with Crippen LogP contribution in [0.15, 0.2) is 30.3 Å². The number of carbonyl (C=O) groups is 2. The molecule has 1 unspecified atom stereocenters. The van der Waals surface area contributed by atoms with Crippen molar-refractivity contribution in [3.63, 3.8) is 0 Å². The first kappa shape index (κ1) is 12.2. The van der Waals surface area contributed by atoms with Gasteiger partial charge in [-0.3, -0.25) is 9.59 Å². The van der Waals surface area contributed by atoms with Crippen molar-refractivity contribution in [2.75, 3.05) is 6.54 Å². The monoisotopic (exact) mass is 221 g/mol. The van der Waals surface area contributed by atoms with Crippen LogP contribution in [0.4, 0.5) is 0 Å². The molecule has 0 aliphatic heterocycles. The predicted molar refractivity (Wildman–Crippen MR) is 60.0 cm³/mol. The summed E-state index contributed by atoms with van der Waals surface area (Å²) in [6, 6.07) is 9.71. The topological polar surface area (TPSA) is 66.4 Å². The van der Waals surface area contributed by atoms with Crippen molar-refractivity contribution in [3.05, 3.63) is 35.9 Å². The van der Waals surface area contributed by atoms with Gasteiger partial charge in [-0.25, -0.2) is 0 Å². The number of carbonyl (C=O) groups excluding carboxylic acids is 1. The Bertz CT molecular complexity index is 362. The average molecular weight is 221 g/mol. The molecule has 0 aliphatic carbocycles. The molecule has 1 aromatic rings. The fourth-order valence-electron chi connectivity index (χ4n) is 1.24. The molecular formula is C12H15NO3. The fraction of sp³-hybridized carbons (Fsp3) is 0.333. The summed E-state index contributed by atoms with van der Waals surface area (Å²) >= 11 is 0. The molecule has 4 heteroatoms. The molecule has 1 aromatic carbocycles. The fourth-order valence-corrected chi connectivity index (χ4v) is 1.24. The van der Waals surface area contributed by atoms with Crippen LogP contribution in [0.2, 0.25) is 0 Å². The van der Waals surface area contributed by atoms with Crippen molar-refractivity contribution in [1.82, 2.24) is 5.32 Å². The molecule has 1 rings (SSSR count). The zero-order valence-electron chi connectivity index (χ0n) is 9.14. The average Bonchev–Trinajstić information content (AvgIpc) is 2.29. The molecule has 0 aromatic heterocycles. The summed E-state index contributed by atoms with van der Waals surface area (Å²) in [6.07, 6.45) is 0.707. The lowest BCUT2D eigenvalue weighted by Crippen LogP contribution is -2.34. The third-order valence-corrected chi connectivity index (χ3v) is 2.32. The second kappa shape index (κ2) is 5.90. The first-order chi connectivity index (χ1) is 7.61. The number of benzene rings is 1. The Balaban J connectivity index is 2.31. The van der Waals surface area contributed by atoms with Crippen molar-refractivity contribution >= 4 is 11.9 Å². The minimum Gasteiger partial charge on any atom is -0.481 e. The molecule has 0 heterocycles. The summed E-state index contributed by atoms with van der Waals surface area (Å²) in [5.74, 6) is -2.53. The Hall–Kier alpha value is -1.84. The van der Waals surface area contributed by atoms with Crippen molar-refractivity contribution in [1.29, 1.82) is 0 Å². The molecule has 86 valence electrons. The van der Waals surface area contributed by atoms with E-state index in [-0.39, 0.29) is 0 Å². The molecule has 1 amide bonds. The highest BCUT2D eigenvalue weighted by atomic mass is 16.4. The molecule has 0 saturated carbocycles. The van der Waals surface area contributed by atoms with Crippen LogP contribution in [0.3, 0.4) is 0 Å². The Morgan fingerprint density at radius 1 is 1.31 bits per heavy atom. The maximum absolute atomic E-state index is 11.3. The van der Waals surface area contributed by atoms with E-state index in [0.29, 0.717) is 13.0 Å². The molecule has 0 spiro atoms. The van der Waals surface area contributed by atoms with E-state index in [9.17, 15) is 9.59 Å². The summed E-state index contributed by atoms with van der Waals surface area (Å²) < 4.78 is 0. The van der Waals surface area contributed by atoms with Gasteiger partial charge in [0.25, 0.3) is 0 Å². The van der Waals surface area contributed by atoms with E-state index in [0.717, 1.165) is 5.56 Å². The minimum absolute atomic E-state index is 0.441. The van der Waals surface area contributed by atoms with Crippen LogP contribution in [0.25, 0.3) is 0 Å². The SMILES string of the molecule is CC(C(=O)O)C(=O)NCCc1ccccc1. The maximum Gasteiger partial charge on any atom is 0.315 e. The smallest absolute Gasteiger partial charge is 0.315 e. The Kier molecular flexibility index (Phi) is 4.51. The first-order valence-electron chi connectivity index (χ1n) is 5.15. The number of hydrogen-bond acceptors (Lipinski definition) is 2. The highest BCUT2D eigenvalue weighted by Crippen LogP contribution is 1.99. The van der Waals surface area contributed by atoms with Crippen LogP contribution in [-0.2, 0) is 16.0 Å². The van der Waals surface area contributed by atoms with E-state index in [1.807, 2.05) is 30.3 Å². The number of aliphatic carboxylic acids is 1. The second-order valence-electron chi connectivity index (χ2n) is 3.59. The Labute approximate surface area is 94.3 Å². The summed E-state index contributed by atoms with van der Waals surface area (Å²) in [7, 11) is 0. The molecule has 16 heavy (non-hydrogen) atoms. The summed E-state index contributed by atoms with van der Waals surface area (Å²) in [5.41, 5.74) is 1.12. The Morgan fingerprint density at radius 3 is 2.50 bits per heavy atom. The van der Waals surface area contributed by atoms with Crippen LogP contribution in [-0.4, -0.2) is 23.5 Å². The van der Waals surface area contributed by atoms with Gasteiger partial charge in [-0.05, 0) is 18.9 Å². The van der Waals surface area contributed by atoms with Gasteiger partial charge in [0.1, 0.15) is 5.92 Å². The number of nitrogens with one attached hydrogen (secondary N) is 1. The molecule has 4 nitrogen and oxygen atoms in total. The van der Waals surface area contributed by atoms with Crippen LogP contribution in [0.5, 0.6) is 0 Å². The molecule has 0 radical (unpaired) electrons. The number of hydrogen-bond donors (Lipinski definition) is 2. The maximum atomic E-state index is 11.3. The second-order valence-corrected chi connectivity index (χ2v) is 3.59. The third-order valence-electron chi connectivity index (χ3n) is 2.32. The van der Waals surface area contributed by atoms with E-state index >= 15 is 0 Å². The molecule has 1 atom stereocenters. The van der Waals surface area contributed by atoms with E-state index in [2.05, 4.69) is 5.32 Å². The van der Waals surface area contributed by atoms with Gasteiger partial charge in [-0.1, -0.05) is 30.3 Å². The standard InChI is InChI=1S/C12H15NO3/c1-9(12(15)16)11(14)13-8-7-10-5-3-2-4-6-10/h2-6,9H,7-8H2,1H3,(H,13,14)(H,15,16). The van der Waals surface area contributed by atoms with E-state index in [1.165, 1.54) is 6.92 Å². The molecule has 0 fully saturated rings. The van der Waals surface area contributed by atoms with Gasteiger partial charge >= 0.3 is 5.97 Å². The van der Waals surface area contributed by atoms with Gasteiger partial charge in [-0.2, -0.15) is 0 Å². The zero-order chi connectivity index (χ0) is 12.0. The molecule has 0 aliphatic rings. The predicted octanol–water partition coefficient (Wildman–Crippen LogP) is 1.07. The quantitative estimate of drug-likeness (QED) is 0.731. The summed E-state index contributed by atoms with van der Waals surface area (Å²) in [5, 5.41) is 11.2. The van der Waals surface area contributed by atoms with Crippen LogP contribution >= 0.6 is 0 Å². The normalized spacial score (nSPS) is 11.8. The zero-order valence-corrected chi connectivity index (χ0v) is 9.14. The Morgan fingerprint density at radius 2 is 1.94 bits per heavy atom. The van der Waals surface area contributed by atoms with E-state index in [1.54, 1.807) is 0 Å². The lowest BCUT2D eigenvalue weighted by molar-refractivity contribution is -0.146. The minimum atomic E-state index is -1.10. The largest absolute Gasteiger partial charge is 0.481 e. The van der Waals surface area contributed by atoms with Gasteiger partial charge in [0.2, 0.25) is 5.91 Å². The number of carboxylic acids is 1. The van der Waals surface area contributed by atoms with Crippen molar-refractivity contribution in [2.24, 2.45) is 5.92 Å². The van der Waals surface area contributed by atoms with Crippen LogP contribution in [0, 0.1) is 5.92 Å². The third kappa shape index (κ3) is 3.73. The molecule has 0 bridgehead atoms. The number of rotatable bonds is 5. The van der Waals surface area contributed by atoms with E-state index < -0.39 is 17.8 Å². The van der Waals surface area contributed by atoms with Crippen LogP contribution < -0.4 is 5.32 Å². The van der Waals surface area contributed by atoms with Gasteiger partial charge in [-0.15, -0.1) is 0 Å². The van der Waals surface area contributed by atoms with Crippen LogP contribution in [0.1, 0.15) is 12.5 Å². The first-order valence-corrected chi connectivity index (χ1v) is 5.15. The van der Waals surface area contributed by atoms with Crippen molar-refractivity contribution in [2.45, 2.75) is 13.3 Å². The molecule has 2 N–H and O–H groups in total. The molecular weight excluding hydrogens is 206 g/mol.